The number of benzene rings is 1. The highest BCUT2D eigenvalue weighted by Crippen LogP contribution is 2.23. The molecule has 0 bridgehead atoms. The second-order valence-electron chi connectivity index (χ2n) is 5.89. The molecule has 0 aliphatic carbocycles. The zero-order valence-electron chi connectivity index (χ0n) is 13.2. The zero-order valence-corrected chi connectivity index (χ0v) is 14.0. The lowest BCUT2D eigenvalue weighted by molar-refractivity contribution is 0.0942. The maximum absolute atomic E-state index is 12.4. The van der Waals surface area contributed by atoms with Gasteiger partial charge in [-0.1, -0.05) is 31.1 Å². The Kier molecular flexibility index (Phi) is 5.74. The maximum Gasteiger partial charge on any atom is 0.258 e. The van der Waals surface area contributed by atoms with Crippen LogP contribution in [0, 0.1) is 5.92 Å². The summed E-state index contributed by atoms with van der Waals surface area (Å²) in [5, 5.41) is 10.1. The Morgan fingerprint density at radius 1 is 1.39 bits per heavy atom. The molecule has 1 aliphatic heterocycles. The van der Waals surface area contributed by atoms with E-state index in [-0.39, 0.29) is 24.2 Å². The molecule has 0 atom stereocenters. The number of halogens is 1. The van der Waals surface area contributed by atoms with Crippen molar-refractivity contribution in [2.45, 2.75) is 19.8 Å². The first-order chi connectivity index (χ1) is 10.6. The van der Waals surface area contributed by atoms with Crippen LogP contribution in [0.4, 0.5) is 0 Å². The van der Waals surface area contributed by atoms with Crippen LogP contribution < -0.4 is 10.6 Å². The number of aromatic nitrogens is 2. The van der Waals surface area contributed by atoms with Crippen molar-refractivity contribution in [3.63, 3.8) is 0 Å². The van der Waals surface area contributed by atoms with Crippen molar-refractivity contribution < 1.29 is 9.32 Å². The molecule has 1 aliphatic rings. The molecule has 1 aromatic carbocycles. The smallest absolute Gasteiger partial charge is 0.258 e. The minimum Gasteiger partial charge on any atom is -0.352 e. The number of rotatable bonds is 5. The molecule has 0 spiro atoms. The molecule has 6 nitrogen and oxygen atoms in total. The lowest BCUT2D eigenvalue weighted by Crippen LogP contribution is -2.48. The molecule has 2 N–H and O–H groups in total. The van der Waals surface area contributed by atoms with Gasteiger partial charge in [-0.05, 0) is 12.1 Å². The molecule has 3 rings (SSSR count). The van der Waals surface area contributed by atoms with Crippen LogP contribution >= 0.6 is 12.4 Å². The number of carbonyl (C=O) groups excluding carboxylic acids is 1. The van der Waals surface area contributed by atoms with E-state index in [9.17, 15) is 4.79 Å². The molecule has 124 valence electrons. The number of hydrogen-bond acceptors (Lipinski definition) is 5. The monoisotopic (exact) mass is 336 g/mol. The van der Waals surface area contributed by atoms with Gasteiger partial charge in [0, 0.05) is 31.5 Å². The first kappa shape index (κ1) is 17.4. The normalized spacial score (nSPS) is 14.2. The van der Waals surface area contributed by atoms with Gasteiger partial charge in [0.1, 0.15) is 0 Å². The summed E-state index contributed by atoms with van der Waals surface area (Å²) < 4.78 is 5.31. The molecule has 7 heteroatoms. The molecule has 2 aromatic rings. The van der Waals surface area contributed by atoms with Crippen molar-refractivity contribution in [1.82, 2.24) is 20.8 Å². The third kappa shape index (κ3) is 3.89. The van der Waals surface area contributed by atoms with Crippen LogP contribution in [-0.2, 0) is 0 Å². The fraction of sp³-hybridized carbons (Fsp3) is 0.438. The molecule has 2 heterocycles. The lowest BCUT2D eigenvalue weighted by Gasteiger charge is -2.27. The molecule has 1 fully saturated rings. The molecule has 0 saturated carbocycles. The van der Waals surface area contributed by atoms with Gasteiger partial charge in [-0.2, -0.15) is 4.98 Å². The Hall–Kier alpha value is -1.92. The van der Waals surface area contributed by atoms with Gasteiger partial charge in [-0.15, -0.1) is 12.4 Å². The fourth-order valence-corrected chi connectivity index (χ4v) is 2.27. The number of hydrogen-bond donors (Lipinski definition) is 2. The van der Waals surface area contributed by atoms with Gasteiger partial charge in [0.25, 0.3) is 11.8 Å². The van der Waals surface area contributed by atoms with E-state index in [0.717, 1.165) is 13.1 Å². The maximum atomic E-state index is 12.4. The van der Waals surface area contributed by atoms with Crippen molar-refractivity contribution in [1.29, 1.82) is 0 Å². The van der Waals surface area contributed by atoms with Gasteiger partial charge >= 0.3 is 0 Å². The van der Waals surface area contributed by atoms with Gasteiger partial charge in [-0.25, -0.2) is 0 Å². The van der Waals surface area contributed by atoms with E-state index in [1.165, 1.54) is 0 Å². The number of nitrogens with one attached hydrogen (secondary N) is 2. The van der Waals surface area contributed by atoms with Crippen molar-refractivity contribution in [3.05, 3.63) is 35.7 Å². The SMILES string of the molecule is CC(C)c1noc(-c2ccccc2C(=O)NCC2CNC2)n1.Cl. The summed E-state index contributed by atoms with van der Waals surface area (Å²) in [6.07, 6.45) is 0. The van der Waals surface area contributed by atoms with E-state index in [0.29, 0.717) is 35.3 Å². The Bertz CT molecular complexity index is 668. The van der Waals surface area contributed by atoms with Crippen molar-refractivity contribution in [2.75, 3.05) is 19.6 Å². The van der Waals surface area contributed by atoms with Crippen molar-refractivity contribution in [3.8, 4) is 11.5 Å². The summed E-state index contributed by atoms with van der Waals surface area (Å²) in [6, 6.07) is 7.31. The molecule has 0 radical (unpaired) electrons. The number of nitrogens with zero attached hydrogens (tertiary/aromatic N) is 2. The van der Waals surface area contributed by atoms with Gasteiger partial charge in [0.2, 0.25) is 0 Å². The highest BCUT2D eigenvalue weighted by Gasteiger charge is 2.21. The summed E-state index contributed by atoms with van der Waals surface area (Å²) in [7, 11) is 0. The molecule has 0 unspecified atom stereocenters. The van der Waals surface area contributed by atoms with Crippen LogP contribution in [0.25, 0.3) is 11.5 Å². The standard InChI is InChI=1S/C16H20N4O2.ClH/c1-10(2)14-19-16(22-20-14)13-6-4-3-5-12(13)15(21)18-9-11-7-17-8-11;/h3-6,10-11,17H,7-9H2,1-2H3,(H,18,21);1H. The third-order valence-corrected chi connectivity index (χ3v) is 3.78. The van der Waals surface area contributed by atoms with Crippen LogP contribution in [0.2, 0.25) is 0 Å². The van der Waals surface area contributed by atoms with Crippen LogP contribution in [0.5, 0.6) is 0 Å². The van der Waals surface area contributed by atoms with E-state index in [1.54, 1.807) is 6.07 Å². The summed E-state index contributed by atoms with van der Waals surface area (Å²) in [5.74, 6) is 1.63. The van der Waals surface area contributed by atoms with E-state index < -0.39 is 0 Å². The topological polar surface area (TPSA) is 80.0 Å². The summed E-state index contributed by atoms with van der Waals surface area (Å²) in [4.78, 5) is 16.8. The minimum atomic E-state index is -0.105. The molecule has 23 heavy (non-hydrogen) atoms. The van der Waals surface area contributed by atoms with Gasteiger partial charge in [-0.3, -0.25) is 4.79 Å². The zero-order chi connectivity index (χ0) is 15.5. The first-order valence-electron chi connectivity index (χ1n) is 7.57. The quantitative estimate of drug-likeness (QED) is 0.875. The molecule has 1 amide bonds. The van der Waals surface area contributed by atoms with E-state index in [4.69, 9.17) is 4.52 Å². The molecule has 1 saturated heterocycles. The predicted octanol–water partition coefficient (Wildman–Crippen LogP) is 2.23. The van der Waals surface area contributed by atoms with Gasteiger partial charge in [0.15, 0.2) is 5.82 Å². The fourth-order valence-electron chi connectivity index (χ4n) is 2.27. The third-order valence-electron chi connectivity index (χ3n) is 3.78. The molecular weight excluding hydrogens is 316 g/mol. The highest BCUT2D eigenvalue weighted by molar-refractivity contribution is 5.99. The molecular formula is C16H21ClN4O2. The highest BCUT2D eigenvalue weighted by atomic mass is 35.5. The van der Waals surface area contributed by atoms with E-state index >= 15 is 0 Å². The average molecular weight is 337 g/mol. The predicted molar refractivity (Wildman–Crippen MR) is 89.8 cm³/mol. The average Bonchev–Trinajstić information content (AvgIpc) is 2.95. The second kappa shape index (κ2) is 7.57. The van der Waals surface area contributed by atoms with Crippen LogP contribution in [0.3, 0.4) is 0 Å². The van der Waals surface area contributed by atoms with Crippen LogP contribution in [0.1, 0.15) is 35.9 Å². The number of amides is 1. The Morgan fingerprint density at radius 2 is 2.13 bits per heavy atom. The van der Waals surface area contributed by atoms with E-state index in [1.807, 2.05) is 32.0 Å². The second-order valence-corrected chi connectivity index (χ2v) is 5.89. The van der Waals surface area contributed by atoms with Crippen LogP contribution in [-0.4, -0.2) is 35.7 Å². The van der Waals surface area contributed by atoms with Crippen molar-refractivity contribution in [2.24, 2.45) is 5.92 Å². The first-order valence-corrected chi connectivity index (χ1v) is 7.57. The lowest BCUT2D eigenvalue weighted by atomic mass is 10.0. The van der Waals surface area contributed by atoms with Crippen molar-refractivity contribution >= 4 is 18.3 Å². The largest absolute Gasteiger partial charge is 0.352 e. The summed E-state index contributed by atoms with van der Waals surface area (Å²) in [6.45, 7) is 6.60. The minimum absolute atomic E-state index is 0. The van der Waals surface area contributed by atoms with Gasteiger partial charge in [0.05, 0.1) is 11.1 Å². The van der Waals surface area contributed by atoms with E-state index in [2.05, 4.69) is 20.8 Å². The summed E-state index contributed by atoms with van der Waals surface area (Å²) >= 11 is 0. The summed E-state index contributed by atoms with van der Waals surface area (Å²) in [5.41, 5.74) is 1.24. The Balaban J connectivity index is 0.00000192. The van der Waals surface area contributed by atoms with Crippen LogP contribution in [0.15, 0.2) is 28.8 Å². The Labute approximate surface area is 141 Å². The van der Waals surface area contributed by atoms with Gasteiger partial charge < -0.3 is 15.2 Å². The number of carbonyl (C=O) groups is 1. The Morgan fingerprint density at radius 3 is 2.74 bits per heavy atom. The molecule has 1 aromatic heterocycles.